The van der Waals surface area contributed by atoms with Gasteiger partial charge in [-0.1, -0.05) is 60.1 Å². The van der Waals surface area contributed by atoms with Gasteiger partial charge in [0.1, 0.15) is 11.6 Å². The van der Waals surface area contributed by atoms with Gasteiger partial charge in [-0.05, 0) is 48.9 Å². The van der Waals surface area contributed by atoms with Crippen LogP contribution in [-0.4, -0.2) is 20.4 Å². The van der Waals surface area contributed by atoms with Crippen molar-refractivity contribution < 1.29 is 4.39 Å². The average molecular weight is 531 g/mol. The van der Waals surface area contributed by atoms with Crippen LogP contribution in [0.3, 0.4) is 0 Å². The molecule has 0 saturated heterocycles. The molecule has 0 aliphatic carbocycles. The number of fused-ring (bicyclic) bond motifs is 2. The largest absolute Gasteiger partial charge is 0.340 e. The Kier molecular flexibility index (Phi) is 6.11. The molecule has 0 spiro atoms. The molecule has 0 aliphatic heterocycles. The van der Waals surface area contributed by atoms with E-state index in [4.69, 9.17) is 4.98 Å². The highest BCUT2D eigenvalue weighted by Crippen LogP contribution is 2.26. The van der Waals surface area contributed by atoms with Gasteiger partial charge in [0.05, 0.1) is 17.1 Å². The van der Waals surface area contributed by atoms with Crippen molar-refractivity contribution in [3.8, 4) is 0 Å². The van der Waals surface area contributed by atoms with E-state index in [1.807, 2.05) is 63.2 Å². The molecule has 0 saturated carbocycles. The molecule has 0 unspecified atom stereocenters. The molecule has 0 fully saturated rings. The summed E-state index contributed by atoms with van der Waals surface area (Å²) >= 11 is 3.44. The molecule has 35 heavy (non-hydrogen) atoms. The fraction of sp³-hybridized carbons (Fsp3) is 0.179. The second kappa shape index (κ2) is 9.23. The van der Waals surface area contributed by atoms with Crippen LogP contribution in [0.1, 0.15) is 42.4 Å². The third-order valence-electron chi connectivity index (χ3n) is 6.16. The summed E-state index contributed by atoms with van der Waals surface area (Å²) in [4.78, 5) is 18.1. The van der Waals surface area contributed by atoms with Gasteiger partial charge in [0.15, 0.2) is 0 Å². The number of para-hydroxylation sites is 1. The van der Waals surface area contributed by atoms with Gasteiger partial charge in [0.2, 0.25) is 0 Å². The Hall–Kier alpha value is -3.58. The Morgan fingerprint density at radius 3 is 2.63 bits per heavy atom. The Balaban J connectivity index is 1.66. The quantitative estimate of drug-likeness (QED) is 0.240. The van der Waals surface area contributed by atoms with Gasteiger partial charge >= 0.3 is 0 Å². The van der Waals surface area contributed by atoms with Crippen molar-refractivity contribution in [2.45, 2.75) is 33.2 Å². The van der Waals surface area contributed by atoms with E-state index in [2.05, 4.69) is 25.6 Å². The first-order chi connectivity index (χ1) is 16.8. The van der Waals surface area contributed by atoms with E-state index in [1.54, 1.807) is 24.4 Å². The number of aromatic nitrogens is 3. The Morgan fingerprint density at radius 2 is 1.86 bits per heavy atom. The molecule has 2 aromatic heterocycles. The first-order valence-corrected chi connectivity index (χ1v) is 12.2. The summed E-state index contributed by atoms with van der Waals surface area (Å²) in [5.74, 6) is 0.347. The molecular weight excluding hydrogens is 507 g/mol. The summed E-state index contributed by atoms with van der Waals surface area (Å²) in [5.41, 5.74) is 4.23. The zero-order valence-corrected chi connectivity index (χ0v) is 21.3. The van der Waals surface area contributed by atoms with Gasteiger partial charge in [-0.2, -0.15) is 9.78 Å². The molecule has 3 aromatic carbocycles. The predicted octanol–water partition coefficient (Wildman–Crippen LogP) is 6.62. The molecule has 5 rings (SSSR count). The number of benzene rings is 3. The van der Waals surface area contributed by atoms with Crippen LogP contribution in [0, 0.1) is 12.7 Å². The molecule has 0 N–H and O–H groups in total. The lowest BCUT2D eigenvalue weighted by molar-refractivity contribution is 0.623. The summed E-state index contributed by atoms with van der Waals surface area (Å²) < 4.78 is 18.2. The summed E-state index contributed by atoms with van der Waals surface area (Å²) in [7, 11) is 0. The van der Waals surface area contributed by atoms with Gasteiger partial charge in [0.25, 0.3) is 5.56 Å². The van der Waals surface area contributed by atoms with Crippen LogP contribution in [0.5, 0.6) is 0 Å². The first-order valence-electron chi connectivity index (χ1n) is 11.4. The van der Waals surface area contributed by atoms with E-state index < -0.39 is 0 Å². The third kappa shape index (κ3) is 4.32. The molecule has 5 aromatic rings. The molecule has 0 atom stereocenters. The monoisotopic (exact) mass is 530 g/mol. The van der Waals surface area contributed by atoms with E-state index in [0.29, 0.717) is 23.3 Å². The van der Waals surface area contributed by atoms with Crippen molar-refractivity contribution >= 4 is 44.0 Å². The molecule has 5 nitrogen and oxygen atoms in total. The maximum Gasteiger partial charge on any atom is 0.282 e. The zero-order chi connectivity index (χ0) is 24.7. The maximum atomic E-state index is 13.8. The number of halogens is 2. The first kappa shape index (κ1) is 23.2. The standard InChI is InChI=1S/C28H24BrFN4O/c1-17(2)27-32-25-12-11-20(29)14-23(25)28(35)34(27)31-15-24-18(3)33(26-10-5-4-9-22(24)26)16-19-7-6-8-21(30)13-19/h4-15,17H,16H2,1-3H3. The highest BCUT2D eigenvalue weighted by molar-refractivity contribution is 9.10. The smallest absolute Gasteiger partial charge is 0.282 e. The number of nitrogens with zero attached hydrogens (tertiary/aromatic N) is 4. The lowest BCUT2D eigenvalue weighted by atomic mass is 10.1. The van der Waals surface area contributed by atoms with E-state index in [0.717, 1.165) is 32.2 Å². The normalized spacial score (nSPS) is 11.9. The summed E-state index contributed by atoms with van der Waals surface area (Å²) in [6, 6.07) is 20.2. The molecule has 0 bridgehead atoms. The van der Waals surface area contributed by atoms with Crippen LogP contribution >= 0.6 is 15.9 Å². The van der Waals surface area contributed by atoms with E-state index in [1.165, 1.54) is 10.7 Å². The lowest BCUT2D eigenvalue weighted by Crippen LogP contribution is -2.23. The van der Waals surface area contributed by atoms with Crippen molar-refractivity contribution in [2.24, 2.45) is 5.10 Å². The van der Waals surface area contributed by atoms with Crippen LogP contribution in [-0.2, 0) is 6.54 Å². The van der Waals surface area contributed by atoms with Crippen LogP contribution in [0.25, 0.3) is 21.8 Å². The molecule has 0 amide bonds. The predicted molar refractivity (Wildman–Crippen MR) is 143 cm³/mol. The van der Waals surface area contributed by atoms with E-state index in [9.17, 15) is 9.18 Å². The Morgan fingerprint density at radius 1 is 1.06 bits per heavy atom. The van der Waals surface area contributed by atoms with Crippen molar-refractivity contribution in [2.75, 3.05) is 0 Å². The van der Waals surface area contributed by atoms with Crippen LogP contribution < -0.4 is 5.56 Å². The number of rotatable bonds is 5. The van der Waals surface area contributed by atoms with Crippen LogP contribution in [0.2, 0.25) is 0 Å². The fourth-order valence-electron chi connectivity index (χ4n) is 4.41. The second-order valence-electron chi connectivity index (χ2n) is 8.88. The average Bonchev–Trinajstić information content (AvgIpc) is 3.09. The highest BCUT2D eigenvalue weighted by atomic mass is 79.9. The zero-order valence-electron chi connectivity index (χ0n) is 19.7. The highest BCUT2D eigenvalue weighted by Gasteiger charge is 2.16. The van der Waals surface area contributed by atoms with E-state index >= 15 is 0 Å². The molecule has 0 aliphatic rings. The molecular formula is C28H24BrFN4O. The van der Waals surface area contributed by atoms with Crippen molar-refractivity contribution in [3.05, 3.63) is 110 Å². The van der Waals surface area contributed by atoms with Crippen molar-refractivity contribution in [1.29, 1.82) is 0 Å². The van der Waals surface area contributed by atoms with Crippen LogP contribution in [0.15, 0.2) is 81.1 Å². The summed E-state index contributed by atoms with van der Waals surface area (Å²) in [6.45, 7) is 6.53. The minimum absolute atomic E-state index is 0.00307. The fourth-order valence-corrected chi connectivity index (χ4v) is 4.77. The molecule has 0 radical (unpaired) electrons. The van der Waals surface area contributed by atoms with Gasteiger partial charge < -0.3 is 4.57 Å². The van der Waals surface area contributed by atoms with Gasteiger partial charge in [-0.3, -0.25) is 4.79 Å². The van der Waals surface area contributed by atoms with Crippen molar-refractivity contribution in [1.82, 2.24) is 14.2 Å². The molecule has 7 heteroatoms. The minimum atomic E-state index is -0.255. The van der Waals surface area contributed by atoms with Crippen LogP contribution in [0.4, 0.5) is 4.39 Å². The van der Waals surface area contributed by atoms with Gasteiger partial charge in [-0.25, -0.2) is 9.37 Å². The molecule has 2 heterocycles. The SMILES string of the molecule is Cc1c(C=Nn2c(C(C)C)nc3ccc(Br)cc3c2=O)c2ccccc2n1Cc1cccc(F)c1. The number of hydrogen-bond donors (Lipinski definition) is 0. The summed E-state index contributed by atoms with van der Waals surface area (Å²) in [5, 5.41) is 6.17. The van der Waals surface area contributed by atoms with Crippen molar-refractivity contribution in [3.63, 3.8) is 0 Å². The third-order valence-corrected chi connectivity index (χ3v) is 6.65. The van der Waals surface area contributed by atoms with Gasteiger partial charge in [0, 0.05) is 39.1 Å². The van der Waals surface area contributed by atoms with E-state index in [-0.39, 0.29) is 17.3 Å². The van der Waals surface area contributed by atoms with Gasteiger partial charge in [-0.15, -0.1) is 0 Å². The second-order valence-corrected chi connectivity index (χ2v) is 9.80. The topological polar surface area (TPSA) is 52.2 Å². The summed E-state index contributed by atoms with van der Waals surface area (Å²) in [6.07, 6.45) is 1.73. The lowest BCUT2D eigenvalue weighted by Gasteiger charge is -2.12. The Bertz CT molecular complexity index is 1670. The Labute approximate surface area is 210 Å². The maximum absolute atomic E-state index is 13.8. The minimum Gasteiger partial charge on any atom is -0.340 e. The number of hydrogen-bond acceptors (Lipinski definition) is 3. The molecule has 176 valence electrons.